The van der Waals surface area contributed by atoms with Gasteiger partial charge in [-0.3, -0.25) is 0 Å². The average molecular weight is 241 g/mol. The molecule has 1 saturated heterocycles. The third-order valence-corrected chi connectivity index (χ3v) is 3.09. The van der Waals surface area contributed by atoms with Crippen LogP contribution in [-0.4, -0.2) is 19.3 Å². The van der Waals surface area contributed by atoms with Crippen molar-refractivity contribution in [2.75, 3.05) is 13.2 Å². The molecule has 1 aliphatic rings. The first kappa shape index (κ1) is 12.5. The highest BCUT2D eigenvalue weighted by Crippen LogP contribution is 2.18. The molecule has 0 saturated carbocycles. The van der Waals surface area contributed by atoms with Crippen molar-refractivity contribution in [3.8, 4) is 0 Å². The molecule has 0 spiro atoms. The molecule has 4 heteroatoms. The lowest BCUT2D eigenvalue weighted by Crippen LogP contribution is -2.36. The number of hydrogen-bond acceptors (Lipinski definition) is 2. The van der Waals surface area contributed by atoms with E-state index < -0.39 is 11.6 Å². The zero-order chi connectivity index (χ0) is 12.3. The molecule has 2 nitrogen and oxygen atoms in total. The smallest absolute Gasteiger partial charge is 0.126 e. The summed E-state index contributed by atoms with van der Waals surface area (Å²) in [5.74, 6) is -1.05. The lowest BCUT2D eigenvalue weighted by atomic mass is 10.0. The number of ether oxygens (including phenoxy) is 1. The van der Waals surface area contributed by atoms with Crippen LogP contribution in [0.25, 0.3) is 0 Å². The molecule has 1 atom stereocenters. The third kappa shape index (κ3) is 3.48. The fraction of sp³-hybridized carbons (Fsp3) is 0.538. The van der Waals surface area contributed by atoms with Gasteiger partial charge in [-0.05, 0) is 37.5 Å². The molecule has 1 aromatic rings. The summed E-state index contributed by atoms with van der Waals surface area (Å²) in [4.78, 5) is 0. The molecule has 94 valence electrons. The molecule has 17 heavy (non-hydrogen) atoms. The van der Waals surface area contributed by atoms with Crippen LogP contribution < -0.4 is 5.32 Å². The maximum absolute atomic E-state index is 13.1. The second kappa shape index (κ2) is 5.56. The van der Waals surface area contributed by atoms with Crippen molar-refractivity contribution in [2.24, 2.45) is 0 Å². The van der Waals surface area contributed by atoms with E-state index in [-0.39, 0.29) is 6.04 Å². The summed E-state index contributed by atoms with van der Waals surface area (Å²) in [7, 11) is 0. The first-order valence-corrected chi connectivity index (χ1v) is 5.95. The Hall–Kier alpha value is -1.00. The van der Waals surface area contributed by atoms with Gasteiger partial charge in [-0.1, -0.05) is 0 Å². The van der Waals surface area contributed by atoms with E-state index in [1.807, 2.05) is 6.92 Å². The summed E-state index contributed by atoms with van der Waals surface area (Å²) in [6.07, 6.45) is 1.89. The van der Waals surface area contributed by atoms with Gasteiger partial charge in [0.05, 0.1) is 0 Å². The second-order valence-corrected chi connectivity index (χ2v) is 4.48. The SMILES string of the molecule is CC(NC1CCOCC1)c1cc(F)cc(F)c1. The van der Waals surface area contributed by atoms with Gasteiger partial charge in [-0.25, -0.2) is 8.78 Å². The minimum absolute atomic E-state index is 0.0525. The quantitative estimate of drug-likeness (QED) is 0.878. The van der Waals surface area contributed by atoms with Crippen molar-refractivity contribution in [2.45, 2.75) is 31.8 Å². The van der Waals surface area contributed by atoms with Gasteiger partial charge >= 0.3 is 0 Å². The summed E-state index contributed by atoms with van der Waals surface area (Å²) in [6.45, 7) is 3.42. The predicted octanol–water partition coefficient (Wildman–Crippen LogP) is 2.79. The number of benzene rings is 1. The van der Waals surface area contributed by atoms with Crippen LogP contribution in [0.4, 0.5) is 8.78 Å². The Morgan fingerprint density at radius 1 is 1.18 bits per heavy atom. The molecule has 0 aromatic heterocycles. The minimum atomic E-state index is -0.527. The van der Waals surface area contributed by atoms with Gasteiger partial charge < -0.3 is 10.1 Å². The lowest BCUT2D eigenvalue weighted by Gasteiger charge is -2.27. The Balaban J connectivity index is 2.00. The van der Waals surface area contributed by atoms with Crippen LogP contribution in [0.2, 0.25) is 0 Å². The summed E-state index contributed by atoms with van der Waals surface area (Å²) in [5, 5.41) is 3.38. The van der Waals surface area contributed by atoms with Gasteiger partial charge in [0.25, 0.3) is 0 Å². The lowest BCUT2D eigenvalue weighted by molar-refractivity contribution is 0.0754. The fourth-order valence-electron chi connectivity index (χ4n) is 2.14. The zero-order valence-corrected chi connectivity index (χ0v) is 9.88. The van der Waals surface area contributed by atoms with Crippen molar-refractivity contribution in [1.82, 2.24) is 5.32 Å². The Labute approximate surface area is 100.0 Å². The molecule has 0 bridgehead atoms. The molecule has 1 N–H and O–H groups in total. The molecule has 0 amide bonds. The molecule has 0 radical (unpaired) electrons. The Kier molecular flexibility index (Phi) is 4.07. The Morgan fingerprint density at radius 2 is 1.76 bits per heavy atom. The topological polar surface area (TPSA) is 21.3 Å². The molecule has 1 heterocycles. The summed E-state index contributed by atoms with van der Waals surface area (Å²) < 4.78 is 31.4. The van der Waals surface area contributed by atoms with E-state index in [1.54, 1.807) is 0 Å². The van der Waals surface area contributed by atoms with E-state index in [4.69, 9.17) is 4.74 Å². The summed E-state index contributed by atoms with van der Waals surface area (Å²) in [6, 6.07) is 3.96. The van der Waals surface area contributed by atoms with Crippen molar-refractivity contribution < 1.29 is 13.5 Å². The molecule has 0 aliphatic carbocycles. The van der Waals surface area contributed by atoms with Crippen LogP contribution in [0, 0.1) is 11.6 Å². The summed E-state index contributed by atoms with van der Waals surface area (Å²) >= 11 is 0. The first-order valence-electron chi connectivity index (χ1n) is 5.95. The highest BCUT2D eigenvalue weighted by molar-refractivity contribution is 5.21. The van der Waals surface area contributed by atoms with E-state index >= 15 is 0 Å². The summed E-state index contributed by atoms with van der Waals surface area (Å²) in [5.41, 5.74) is 0.647. The zero-order valence-electron chi connectivity index (χ0n) is 9.88. The van der Waals surface area contributed by atoms with Crippen LogP contribution in [0.15, 0.2) is 18.2 Å². The van der Waals surface area contributed by atoms with Crippen molar-refractivity contribution in [3.63, 3.8) is 0 Å². The number of halogens is 2. The van der Waals surface area contributed by atoms with Gasteiger partial charge in [-0.15, -0.1) is 0 Å². The molecular formula is C13H17F2NO. The van der Waals surface area contributed by atoms with Gasteiger partial charge in [-0.2, -0.15) is 0 Å². The number of rotatable bonds is 3. The van der Waals surface area contributed by atoms with Gasteiger partial charge in [0.2, 0.25) is 0 Å². The van der Waals surface area contributed by atoms with E-state index in [0.29, 0.717) is 11.6 Å². The van der Waals surface area contributed by atoms with Crippen molar-refractivity contribution in [3.05, 3.63) is 35.4 Å². The largest absolute Gasteiger partial charge is 0.381 e. The maximum atomic E-state index is 13.1. The second-order valence-electron chi connectivity index (χ2n) is 4.48. The van der Waals surface area contributed by atoms with Gasteiger partial charge in [0.15, 0.2) is 0 Å². The van der Waals surface area contributed by atoms with Crippen LogP contribution >= 0.6 is 0 Å². The van der Waals surface area contributed by atoms with Crippen LogP contribution in [-0.2, 0) is 4.74 Å². The molecule has 1 fully saturated rings. The minimum Gasteiger partial charge on any atom is -0.381 e. The van der Waals surface area contributed by atoms with E-state index in [1.165, 1.54) is 12.1 Å². The van der Waals surface area contributed by atoms with Crippen molar-refractivity contribution in [1.29, 1.82) is 0 Å². The standard InChI is InChI=1S/C13H17F2NO/c1-9(16-13-2-4-17-5-3-13)10-6-11(14)8-12(15)7-10/h6-9,13,16H,2-5H2,1H3. The van der Waals surface area contributed by atoms with Crippen LogP contribution in [0.3, 0.4) is 0 Å². The van der Waals surface area contributed by atoms with E-state index in [9.17, 15) is 8.78 Å². The molecule has 1 aromatic carbocycles. The molecular weight excluding hydrogens is 224 g/mol. The van der Waals surface area contributed by atoms with Gasteiger partial charge in [0, 0.05) is 31.4 Å². The van der Waals surface area contributed by atoms with Crippen LogP contribution in [0.5, 0.6) is 0 Å². The van der Waals surface area contributed by atoms with Crippen molar-refractivity contribution >= 4 is 0 Å². The third-order valence-electron chi connectivity index (χ3n) is 3.09. The Bertz CT molecular complexity index is 357. The highest BCUT2D eigenvalue weighted by Gasteiger charge is 2.17. The average Bonchev–Trinajstić information content (AvgIpc) is 2.29. The normalized spacial score (nSPS) is 19.2. The molecule has 1 unspecified atom stereocenters. The number of nitrogens with one attached hydrogen (secondary N) is 1. The Morgan fingerprint density at radius 3 is 2.35 bits per heavy atom. The fourth-order valence-corrected chi connectivity index (χ4v) is 2.14. The molecule has 2 rings (SSSR count). The number of hydrogen-bond donors (Lipinski definition) is 1. The maximum Gasteiger partial charge on any atom is 0.126 e. The predicted molar refractivity (Wildman–Crippen MR) is 61.7 cm³/mol. The molecule has 1 aliphatic heterocycles. The van der Waals surface area contributed by atoms with Gasteiger partial charge in [0.1, 0.15) is 11.6 Å². The highest BCUT2D eigenvalue weighted by atomic mass is 19.1. The van der Waals surface area contributed by atoms with E-state index in [2.05, 4.69) is 5.32 Å². The monoisotopic (exact) mass is 241 g/mol. The first-order chi connectivity index (χ1) is 8.15. The van der Waals surface area contributed by atoms with E-state index in [0.717, 1.165) is 32.1 Å². The van der Waals surface area contributed by atoms with Crippen LogP contribution in [0.1, 0.15) is 31.4 Å².